The van der Waals surface area contributed by atoms with Crippen LogP contribution in [0.1, 0.15) is 19.8 Å². The summed E-state index contributed by atoms with van der Waals surface area (Å²) < 4.78 is 8.05. The Bertz CT molecular complexity index is 1030. The van der Waals surface area contributed by atoms with Gasteiger partial charge in [0.1, 0.15) is 11.2 Å². The quantitative estimate of drug-likeness (QED) is 0.706. The van der Waals surface area contributed by atoms with Crippen LogP contribution in [-0.2, 0) is 4.74 Å². The molecular weight excluding hydrogens is 380 g/mol. The number of hydrogen-bond acceptors (Lipinski definition) is 7. The predicted molar refractivity (Wildman–Crippen MR) is 115 cm³/mol. The molecule has 1 N–H and O–H groups in total. The van der Waals surface area contributed by atoms with E-state index in [4.69, 9.17) is 14.8 Å². The number of nitrogens with zero attached hydrogens (tertiary/aromatic N) is 7. The van der Waals surface area contributed by atoms with Crippen LogP contribution in [0.4, 0.5) is 11.5 Å². The van der Waals surface area contributed by atoms with Crippen molar-refractivity contribution < 1.29 is 4.74 Å². The predicted octanol–water partition coefficient (Wildman–Crippen LogP) is 1.63. The number of anilines is 2. The van der Waals surface area contributed by atoms with Crippen molar-refractivity contribution in [3.8, 4) is 11.5 Å². The van der Waals surface area contributed by atoms with E-state index in [1.807, 2.05) is 16.8 Å². The SMILES string of the molecule is CC1CN(C)CCN1c1cc(N2CC3CCC(C2)O3)nn2c(-c3ccn[nH]3)ncc12. The summed E-state index contributed by atoms with van der Waals surface area (Å²) >= 11 is 0. The summed E-state index contributed by atoms with van der Waals surface area (Å²) in [6.45, 7) is 7.20. The van der Waals surface area contributed by atoms with Crippen LogP contribution in [0.3, 0.4) is 0 Å². The third-order valence-electron chi connectivity index (χ3n) is 6.72. The maximum absolute atomic E-state index is 6.06. The fraction of sp³-hybridized carbons (Fsp3) is 0.571. The zero-order chi connectivity index (χ0) is 20.2. The molecule has 0 amide bonds. The highest BCUT2D eigenvalue weighted by Gasteiger charge is 2.35. The van der Waals surface area contributed by atoms with E-state index in [0.717, 1.165) is 68.4 Å². The average Bonchev–Trinajstić information content (AvgIpc) is 3.47. The lowest BCUT2D eigenvalue weighted by atomic mass is 10.1. The second kappa shape index (κ2) is 6.95. The summed E-state index contributed by atoms with van der Waals surface area (Å²) in [5.41, 5.74) is 3.12. The Balaban J connectivity index is 1.48. The lowest BCUT2D eigenvalue weighted by molar-refractivity contribution is 0.0301. The van der Waals surface area contributed by atoms with Gasteiger partial charge in [-0.2, -0.15) is 5.10 Å². The standard InChI is InChI=1S/C21H28N8O/c1-14-11-26(2)7-8-28(14)18-9-20(27-12-15-3-4-16(13-27)30-15)25-29-19(18)10-22-21(29)17-5-6-23-24-17/h5-6,9-10,14-16H,3-4,7-8,11-13H2,1-2H3,(H,23,24). The summed E-state index contributed by atoms with van der Waals surface area (Å²) in [4.78, 5) is 12.0. The molecule has 2 bridgehead atoms. The van der Waals surface area contributed by atoms with Crippen LogP contribution in [0.25, 0.3) is 17.0 Å². The first-order valence-corrected chi connectivity index (χ1v) is 10.9. The molecule has 30 heavy (non-hydrogen) atoms. The van der Waals surface area contributed by atoms with Gasteiger partial charge in [-0.25, -0.2) is 9.50 Å². The Hall–Kier alpha value is -2.65. The van der Waals surface area contributed by atoms with E-state index in [1.54, 1.807) is 6.20 Å². The van der Waals surface area contributed by atoms with Crippen LogP contribution < -0.4 is 9.80 Å². The maximum Gasteiger partial charge on any atom is 0.179 e. The summed E-state index contributed by atoms with van der Waals surface area (Å²) in [5, 5.41) is 12.2. The molecule has 0 aromatic carbocycles. The van der Waals surface area contributed by atoms with E-state index < -0.39 is 0 Å². The topological polar surface area (TPSA) is 77.8 Å². The molecule has 0 aliphatic carbocycles. The molecule has 3 aliphatic heterocycles. The Labute approximate surface area is 175 Å². The van der Waals surface area contributed by atoms with Gasteiger partial charge in [-0.3, -0.25) is 5.10 Å². The lowest BCUT2D eigenvalue weighted by Crippen LogP contribution is -2.50. The summed E-state index contributed by atoms with van der Waals surface area (Å²) in [6, 6.07) is 4.63. The van der Waals surface area contributed by atoms with Gasteiger partial charge in [-0.15, -0.1) is 5.10 Å². The molecule has 3 aliphatic rings. The van der Waals surface area contributed by atoms with Gasteiger partial charge in [0, 0.05) is 51.0 Å². The Morgan fingerprint density at radius 1 is 1.13 bits per heavy atom. The van der Waals surface area contributed by atoms with E-state index in [9.17, 15) is 0 Å². The highest BCUT2D eigenvalue weighted by atomic mass is 16.5. The highest BCUT2D eigenvalue weighted by Crippen LogP contribution is 2.34. The first-order valence-electron chi connectivity index (χ1n) is 10.9. The Kier molecular flexibility index (Phi) is 4.21. The van der Waals surface area contributed by atoms with Gasteiger partial charge in [0.25, 0.3) is 0 Å². The van der Waals surface area contributed by atoms with Crippen molar-refractivity contribution in [2.75, 3.05) is 49.6 Å². The Morgan fingerprint density at radius 2 is 1.97 bits per heavy atom. The minimum Gasteiger partial charge on any atom is -0.371 e. The van der Waals surface area contributed by atoms with E-state index in [1.165, 1.54) is 5.69 Å². The number of hydrogen-bond donors (Lipinski definition) is 1. The number of rotatable bonds is 3. The molecule has 3 saturated heterocycles. The molecular formula is C21H28N8O. The van der Waals surface area contributed by atoms with Gasteiger partial charge in [0.2, 0.25) is 0 Å². The zero-order valence-electron chi connectivity index (χ0n) is 17.5. The fourth-order valence-electron chi connectivity index (χ4n) is 5.20. The minimum atomic E-state index is 0.321. The number of imidazole rings is 1. The minimum absolute atomic E-state index is 0.321. The van der Waals surface area contributed by atoms with Crippen LogP contribution in [0, 0.1) is 0 Å². The smallest absolute Gasteiger partial charge is 0.179 e. The summed E-state index contributed by atoms with van der Waals surface area (Å²) in [7, 11) is 2.19. The second-order valence-corrected chi connectivity index (χ2v) is 8.90. The van der Waals surface area contributed by atoms with Crippen molar-refractivity contribution in [1.82, 2.24) is 29.7 Å². The van der Waals surface area contributed by atoms with E-state index >= 15 is 0 Å². The van der Waals surface area contributed by atoms with Gasteiger partial charge < -0.3 is 19.4 Å². The number of aromatic amines is 1. The average molecular weight is 409 g/mol. The normalized spacial score (nSPS) is 27.3. The number of ether oxygens (including phenoxy) is 1. The van der Waals surface area contributed by atoms with Crippen LogP contribution in [0.2, 0.25) is 0 Å². The number of nitrogens with one attached hydrogen (secondary N) is 1. The largest absolute Gasteiger partial charge is 0.371 e. The number of piperazine rings is 1. The second-order valence-electron chi connectivity index (χ2n) is 8.90. The van der Waals surface area contributed by atoms with E-state index in [2.05, 4.69) is 44.9 Å². The molecule has 0 radical (unpaired) electrons. The highest BCUT2D eigenvalue weighted by molar-refractivity contribution is 5.78. The summed E-state index contributed by atoms with van der Waals surface area (Å²) in [5.74, 6) is 1.80. The number of H-pyrrole nitrogens is 1. The van der Waals surface area contributed by atoms with Crippen molar-refractivity contribution in [2.24, 2.45) is 0 Å². The lowest BCUT2D eigenvalue weighted by Gasteiger charge is -2.40. The van der Waals surface area contributed by atoms with Crippen LogP contribution in [0.5, 0.6) is 0 Å². The van der Waals surface area contributed by atoms with E-state index in [-0.39, 0.29) is 0 Å². The molecule has 3 aromatic heterocycles. The van der Waals surface area contributed by atoms with Gasteiger partial charge in [0.15, 0.2) is 11.6 Å². The monoisotopic (exact) mass is 408 g/mol. The molecule has 9 heteroatoms. The Morgan fingerprint density at radius 3 is 2.70 bits per heavy atom. The molecule has 9 nitrogen and oxygen atoms in total. The number of fused-ring (bicyclic) bond motifs is 3. The van der Waals surface area contributed by atoms with Gasteiger partial charge in [0.05, 0.1) is 24.1 Å². The van der Waals surface area contributed by atoms with Crippen LogP contribution in [0.15, 0.2) is 24.5 Å². The van der Waals surface area contributed by atoms with Crippen molar-refractivity contribution in [2.45, 2.75) is 38.0 Å². The number of aromatic nitrogens is 5. The molecule has 3 fully saturated rings. The molecule has 158 valence electrons. The number of morpholine rings is 1. The van der Waals surface area contributed by atoms with Crippen molar-refractivity contribution in [1.29, 1.82) is 0 Å². The molecule has 3 atom stereocenters. The zero-order valence-corrected chi connectivity index (χ0v) is 17.5. The van der Waals surface area contributed by atoms with Crippen LogP contribution in [-0.4, -0.2) is 87.7 Å². The molecule has 0 saturated carbocycles. The van der Waals surface area contributed by atoms with Crippen molar-refractivity contribution in [3.05, 3.63) is 24.5 Å². The third kappa shape index (κ3) is 2.95. The maximum atomic E-state index is 6.06. The molecule has 3 unspecified atom stereocenters. The first kappa shape index (κ1) is 18.1. The van der Waals surface area contributed by atoms with Crippen LogP contribution >= 0.6 is 0 Å². The van der Waals surface area contributed by atoms with E-state index in [0.29, 0.717) is 18.2 Å². The summed E-state index contributed by atoms with van der Waals surface area (Å²) in [6.07, 6.45) is 6.64. The van der Waals surface area contributed by atoms with Crippen molar-refractivity contribution >= 4 is 17.0 Å². The molecule has 6 rings (SSSR count). The molecule has 0 spiro atoms. The first-order chi connectivity index (χ1) is 14.7. The van der Waals surface area contributed by atoms with Gasteiger partial charge >= 0.3 is 0 Å². The molecule has 6 heterocycles. The third-order valence-corrected chi connectivity index (χ3v) is 6.72. The van der Waals surface area contributed by atoms with Gasteiger partial charge in [-0.1, -0.05) is 0 Å². The molecule has 3 aromatic rings. The van der Waals surface area contributed by atoms with Gasteiger partial charge in [-0.05, 0) is 32.9 Å². The fourth-order valence-corrected chi connectivity index (χ4v) is 5.20. The van der Waals surface area contributed by atoms with Crippen molar-refractivity contribution in [3.63, 3.8) is 0 Å². The number of likely N-dealkylation sites (N-methyl/N-ethyl adjacent to an activating group) is 1.